The first kappa shape index (κ1) is 19.1. The highest BCUT2D eigenvalue weighted by atomic mass is 35.5. The van der Waals surface area contributed by atoms with Crippen molar-refractivity contribution in [2.24, 2.45) is 0 Å². The average Bonchev–Trinajstić information content (AvgIpc) is 3.18. The van der Waals surface area contributed by atoms with Gasteiger partial charge in [-0.2, -0.15) is 4.31 Å². The first-order chi connectivity index (χ1) is 13.5. The van der Waals surface area contributed by atoms with E-state index in [1.807, 2.05) is 12.1 Å². The van der Waals surface area contributed by atoms with Gasteiger partial charge < -0.3 is 4.42 Å². The predicted octanol–water partition coefficient (Wildman–Crippen LogP) is 2.90. The molecule has 0 radical (unpaired) electrons. The molecule has 0 bridgehead atoms. The normalized spacial score (nSPS) is 16.3. The lowest BCUT2D eigenvalue weighted by Crippen LogP contribution is -2.48. The Kier molecular flexibility index (Phi) is 5.45. The molecule has 1 aromatic carbocycles. The van der Waals surface area contributed by atoms with Gasteiger partial charge in [-0.15, -0.1) is 0 Å². The molecule has 1 aliphatic rings. The lowest BCUT2D eigenvalue weighted by atomic mass is 10.2. The van der Waals surface area contributed by atoms with Crippen LogP contribution in [0.2, 0.25) is 5.02 Å². The van der Waals surface area contributed by atoms with Gasteiger partial charge in [-0.25, -0.2) is 13.4 Å². The van der Waals surface area contributed by atoms with Crippen molar-refractivity contribution in [3.63, 3.8) is 0 Å². The number of nitrogens with zero attached hydrogens (tertiary/aromatic N) is 4. The van der Waals surface area contributed by atoms with Gasteiger partial charge in [0.1, 0.15) is 4.90 Å². The third kappa shape index (κ3) is 4.10. The Hall–Kier alpha value is -2.26. The number of hydrogen-bond donors (Lipinski definition) is 0. The third-order valence-electron chi connectivity index (χ3n) is 4.64. The van der Waals surface area contributed by atoms with Gasteiger partial charge in [0.15, 0.2) is 5.76 Å². The van der Waals surface area contributed by atoms with Crippen molar-refractivity contribution in [1.82, 2.24) is 19.2 Å². The molecule has 0 atom stereocenters. The number of sulfonamides is 1. The topological polar surface area (TPSA) is 79.5 Å². The zero-order valence-corrected chi connectivity index (χ0v) is 16.6. The molecule has 1 aliphatic heterocycles. The van der Waals surface area contributed by atoms with Gasteiger partial charge in [-0.05, 0) is 36.4 Å². The van der Waals surface area contributed by atoms with Gasteiger partial charge in [-0.3, -0.25) is 9.88 Å². The molecule has 3 aromatic rings. The summed E-state index contributed by atoms with van der Waals surface area (Å²) in [5, 5.41) is 0.669. The second-order valence-electron chi connectivity index (χ2n) is 6.49. The molecular formula is C19H19ClN4O3S. The predicted molar refractivity (Wildman–Crippen MR) is 105 cm³/mol. The monoisotopic (exact) mass is 418 g/mol. The van der Waals surface area contributed by atoms with Crippen LogP contribution in [-0.4, -0.2) is 53.8 Å². The summed E-state index contributed by atoms with van der Waals surface area (Å²) in [6, 6.07) is 10.6. The van der Waals surface area contributed by atoms with E-state index in [1.165, 1.54) is 10.5 Å². The summed E-state index contributed by atoms with van der Waals surface area (Å²) in [4.78, 5) is 10.6. The molecule has 9 heteroatoms. The molecule has 0 N–H and O–H groups in total. The number of piperazine rings is 1. The van der Waals surface area contributed by atoms with Crippen LogP contribution in [0.25, 0.3) is 11.3 Å². The number of halogens is 1. The van der Waals surface area contributed by atoms with Gasteiger partial charge >= 0.3 is 0 Å². The molecule has 1 fully saturated rings. The van der Waals surface area contributed by atoms with E-state index in [0.717, 1.165) is 5.56 Å². The highest BCUT2D eigenvalue weighted by Gasteiger charge is 2.29. The molecular weight excluding hydrogens is 400 g/mol. The van der Waals surface area contributed by atoms with Crippen LogP contribution in [0.15, 0.2) is 64.3 Å². The van der Waals surface area contributed by atoms with Gasteiger partial charge in [0, 0.05) is 49.2 Å². The average molecular weight is 419 g/mol. The molecule has 0 amide bonds. The molecule has 1 saturated heterocycles. The Bertz CT molecular complexity index is 1030. The number of benzene rings is 1. The molecule has 0 aliphatic carbocycles. The third-order valence-corrected chi connectivity index (χ3v) is 6.78. The lowest BCUT2D eigenvalue weighted by Gasteiger charge is -2.33. The summed E-state index contributed by atoms with van der Waals surface area (Å²) >= 11 is 5.91. The lowest BCUT2D eigenvalue weighted by molar-refractivity contribution is 0.168. The van der Waals surface area contributed by atoms with Crippen molar-refractivity contribution >= 4 is 21.6 Å². The summed E-state index contributed by atoms with van der Waals surface area (Å²) in [7, 11) is -3.50. The summed E-state index contributed by atoms with van der Waals surface area (Å²) < 4.78 is 32.7. The van der Waals surface area contributed by atoms with Crippen LogP contribution >= 0.6 is 11.6 Å². The Balaban J connectivity index is 1.37. The van der Waals surface area contributed by atoms with Crippen LogP contribution in [0, 0.1) is 0 Å². The Morgan fingerprint density at radius 2 is 1.79 bits per heavy atom. The van der Waals surface area contributed by atoms with Crippen LogP contribution in [0.4, 0.5) is 0 Å². The van der Waals surface area contributed by atoms with Gasteiger partial charge in [0.05, 0.1) is 12.7 Å². The minimum absolute atomic E-state index is 0.226. The SMILES string of the molecule is O=S(=O)(c1cccnc1)N1CCN(Cc2ncc(-c3ccc(Cl)cc3)o2)CC1. The van der Waals surface area contributed by atoms with E-state index >= 15 is 0 Å². The number of aromatic nitrogens is 2. The van der Waals surface area contributed by atoms with Crippen molar-refractivity contribution in [2.45, 2.75) is 11.4 Å². The summed E-state index contributed by atoms with van der Waals surface area (Å²) in [6.45, 7) is 2.59. The zero-order chi connectivity index (χ0) is 19.6. The van der Waals surface area contributed by atoms with E-state index in [9.17, 15) is 8.42 Å². The number of oxazole rings is 1. The van der Waals surface area contributed by atoms with Crippen molar-refractivity contribution in [3.8, 4) is 11.3 Å². The summed E-state index contributed by atoms with van der Waals surface area (Å²) in [5.41, 5.74) is 0.913. The summed E-state index contributed by atoms with van der Waals surface area (Å²) in [6.07, 6.45) is 4.64. The number of pyridine rings is 1. The maximum Gasteiger partial charge on any atom is 0.244 e. The van der Waals surface area contributed by atoms with Crippen LogP contribution in [0.1, 0.15) is 5.89 Å². The van der Waals surface area contributed by atoms with E-state index in [0.29, 0.717) is 49.4 Å². The molecule has 0 spiro atoms. The van der Waals surface area contributed by atoms with Crippen LogP contribution in [0.5, 0.6) is 0 Å². The minimum Gasteiger partial charge on any atom is -0.439 e. The smallest absolute Gasteiger partial charge is 0.244 e. The highest BCUT2D eigenvalue weighted by molar-refractivity contribution is 7.89. The molecule has 28 heavy (non-hydrogen) atoms. The zero-order valence-electron chi connectivity index (χ0n) is 15.0. The first-order valence-corrected chi connectivity index (χ1v) is 10.7. The Morgan fingerprint density at radius 1 is 1.04 bits per heavy atom. The van der Waals surface area contributed by atoms with Crippen molar-refractivity contribution in [3.05, 3.63) is 65.9 Å². The molecule has 7 nitrogen and oxygen atoms in total. The number of rotatable bonds is 5. The molecule has 0 unspecified atom stereocenters. The van der Waals surface area contributed by atoms with Gasteiger partial charge in [-0.1, -0.05) is 11.6 Å². The molecule has 146 valence electrons. The van der Waals surface area contributed by atoms with E-state index in [4.69, 9.17) is 16.0 Å². The van der Waals surface area contributed by atoms with Crippen molar-refractivity contribution in [1.29, 1.82) is 0 Å². The van der Waals surface area contributed by atoms with E-state index in [2.05, 4.69) is 14.9 Å². The quantitative estimate of drug-likeness (QED) is 0.633. The fraction of sp³-hybridized carbons (Fsp3) is 0.263. The van der Waals surface area contributed by atoms with Crippen LogP contribution in [-0.2, 0) is 16.6 Å². The largest absolute Gasteiger partial charge is 0.439 e. The number of hydrogen-bond acceptors (Lipinski definition) is 6. The van der Waals surface area contributed by atoms with E-state index < -0.39 is 10.0 Å². The fourth-order valence-electron chi connectivity index (χ4n) is 3.10. The second-order valence-corrected chi connectivity index (χ2v) is 8.87. The van der Waals surface area contributed by atoms with Gasteiger partial charge in [0.25, 0.3) is 0 Å². The molecule has 0 saturated carbocycles. The highest BCUT2D eigenvalue weighted by Crippen LogP contribution is 2.23. The standard InChI is InChI=1S/C19H19ClN4O3S/c20-16-5-3-15(4-6-16)18-13-22-19(27-18)14-23-8-10-24(11-9-23)28(25,26)17-2-1-7-21-12-17/h1-7,12-13H,8-11,14H2. The van der Waals surface area contributed by atoms with E-state index in [-0.39, 0.29) is 4.90 Å². The second kappa shape index (κ2) is 8.00. The Morgan fingerprint density at radius 3 is 2.46 bits per heavy atom. The van der Waals surface area contributed by atoms with Crippen LogP contribution < -0.4 is 0 Å². The Labute approximate surface area is 168 Å². The van der Waals surface area contributed by atoms with E-state index in [1.54, 1.807) is 36.7 Å². The summed E-state index contributed by atoms with van der Waals surface area (Å²) in [5.74, 6) is 1.29. The van der Waals surface area contributed by atoms with Crippen molar-refractivity contribution < 1.29 is 12.8 Å². The minimum atomic E-state index is -3.50. The molecule has 2 aromatic heterocycles. The van der Waals surface area contributed by atoms with Crippen LogP contribution in [0.3, 0.4) is 0 Å². The van der Waals surface area contributed by atoms with Gasteiger partial charge in [0.2, 0.25) is 15.9 Å². The molecule has 3 heterocycles. The maximum absolute atomic E-state index is 12.7. The first-order valence-electron chi connectivity index (χ1n) is 8.85. The molecule has 4 rings (SSSR count). The fourth-order valence-corrected chi connectivity index (χ4v) is 4.61. The van der Waals surface area contributed by atoms with Crippen molar-refractivity contribution in [2.75, 3.05) is 26.2 Å². The maximum atomic E-state index is 12.7.